The summed E-state index contributed by atoms with van der Waals surface area (Å²) in [5, 5.41) is 11.9. The Hall–Kier alpha value is -2.80. The number of nitrogens with one attached hydrogen (secondary N) is 1. The van der Waals surface area contributed by atoms with Crippen LogP contribution in [-0.2, 0) is 10.3 Å². The van der Waals surface area contributed by atoms with Gasteiger partial charge in [-0.05, 0) is 25.1 Å². The fourth-order valence-electron chi connectivity index (χ4n) is 2.88. The molecule has 1 heterocycles. The molecule has 5 nitrogen and oxygen atoms in total. The van der Waals surface area contributed by atoms with E-state index in [2.05, 4.69) is 10.3 Å². The van der Waals surface area contributed by atoms with Crippen LogP contribution < -0.4 is 5.32 Å². The fourth-order valence-corrected chi connectivity index (χ4v) is 2.88. The molecule has 0 aromatic heterocycles. The number of amidine groups is 1. The molecular weight excluding hydrogens is 342 g/mol. The monoisotopic (exact) mass is 360 g/mol. The van der Waals surface area contributed by atoms with Crippen molar-refractivity contribution in [2.45, 2.75) is 24.7 Å². The Kier molecular flexibility index (Phi) is 4.99. The molecule has 0 fully saturated rings. The van der Waals surface area contributed by atoms with Crippen molar-refractivity contribution in [1.82, 2.24) is 5.32 Å². The zero-order chi connectivity index (χ0) is 18.7. The van der Waals surface area contributed by atoms with Gasteiger partial charge in [0.2, 0.25) is 0 Å². The lowest BCUT2D eigenvalue weighted by molar-refractivity contribution is -0.0510. The maximum absolute atomic E-state index is 14.9. The van der Waals surface area contributed by atoms with Gasteiger partial charge in [-0.15, -0.1) is 0 Å². The van der Waals surface area contributed by atoms with Crippen molar-refractivity contribution in [2.24, 2.45) is 4.99 Å². The SMILES string of the molecule is C[C@]1(c2ccccc2F)OC(NC(=O)c2ccccc2)=N[C@@H](CO)[C@H]1F. The molecule has 1 aliphatic heterocycles. The number of aliphatic hydroxyl groups excluding tert-OH is 1. The molecular formula is C19H18F2N2O3. The van der Waals surface area contributed by atoms with E-state index in [0.717, 1.165) is 0 Å². The second-order valence-corrected chi connectivity index (χ2v) is 6.10. The van der Waals surface area contributed by atoms with E-state index in [9.17, 15) is 18.7 Å². The zero-order valence-electron chi connectivity index (χ0n) is 14.0. The van der Waals surface area contributed by atoms with E-state index >= 15 is 0 Å². The van der Waals surface area contributed by atoms with Crippen LogP contribution in [0.2, 0.25) is 0 Å². The average molecular weight is 360 g/mol. The van der Waals surface area contributed by atoms with Crippen LogP contribution in [0, 0.1) is 5.82 Å². The van der Waals surface area contributed by atoms with Gasteiger partial charge in [-0.25, -0.2) is 13.8 Å². The molecule has 3 rings (SSSR count). The van der Waals surface area contributed by atoms with Crippen LogP contribution in [-0.4, -0.2) is 35.9 Å². The zero-order valence-corrected chi connectivity index (χ0v) is 14.0. The van der Waals surface area contributed by atoms with Gasteiger partial charge in [0.15, 0.2) is 11.8 Å². The molecule has 136 valence electrons. The number of hydrogen-bond acceptors (Lipinski definition) is 4. The van der Waals surface area contributed by atoms with Crippen LogP contribution in [0.25, 0.3) is 0 Å². The summed E-state index contributed by atoms with van der Waals surface area (Å²) in [5.41, 5.74) is -1.42. The number of hydrogen-bond donors (Lipinski definition) is 2. The van der Waals surface area contributed by atoms with E-state index in [0.29, 0.717) is 5.56 Å². The van der Waals surface area contributed by atoms with Gasteiger partial charge in [-0.2, -0.15) is 0 Å². The highest BCUT2D eigenvalue weighted by molar-refractivity contribution is 6.04. The lowest BCUT2D eigenvalue weighted by Gasteiger charge is -2.40. The Morgan fingerprint density at radius 1 is 1.23 bits per heavy atom. The molecule has 1 amide bonds. The van der Waals surface area contributed by atoms with E-state index < -0.39 is 36.1 Å². The Morgan fingerprint density at radius 2 is 1.88 bits per heavy atom. The fraction of sp³-hybridized carbons (Fsp3) is 0.263. The number of alkyl halides is 1. The molecule has 0 unspecified atom stereocenters. The molecule has 7 heteroatoms. The quantitative estimate of drug-likeness (QED) is 0.884. The number of rotatable bonds is 3. The lowest BCUT2D eigenvalue weighted by atomic mass is 9.86. The normalized spacial score (nSPS) is 25.2. The number of aliphatic imine (C=N–C) groups is 1. The molecule has 0 radical (unpaired) electrons. The number of nitrogens with zero attached hydrogens (tertiary/aromatic N) is 1. The number of carbonyl (C=O) groups excluding carboxylic acids is 1. The smallest absolute Gasteiger partial charge is 0.293 e. The topological polar surface area (TPSA) is 70.9 Å². The summed E-state index contributed by atoms with van der Waals surface area (Å²) in [4.78, 5) is 16.2. The Labute approximate surface area is 149 Å². The summed E-state index contributed by atoms with van der Waals surface area (Å²) in [7, 11) is 0. The van der Waals surface area contributed by atoms with Crippen molar-refractivity contribution < 1.29 is 23.4 Å². The van der Waals surface area contributed by atoms with Crippen molar-refractivity contribution in [3.05, 3.63) is 71.5 Å². The Morgan fingerprint density at radius 3 is 2.54 bits per heavy atom. The van der Waals surface area contributed by atoms with E-state index in [4.69, 9.17) is 4.74 Å². The Bertz CT molecular complexity index is 829. The van der Waals surface area contributed by atoms with Gasteiger partial charge < -0.3 is 9.84 Å². The van der Waals surface area contributed by atoms with Crippen LogP contribution in [0.1, 0.15) is 22.8 Å². The van der Waals surface area contributed by atoms with Crippen LogP contribution in [0.4, 0.5) is 8.78 Å². The van der Waals surface area contributed by atoms with Crippen molar-refractivity contribution in [2.75, 3.05) is 6.61 Å². The summed E-state index contributed by atoms with van der Waals surface area (Å²) in [6.07, 6.45) is -1.80. The minimum Gasteiger partial charge on any atom is -0.450 e. The second-order valence-electron chi connectivity index (χ2n) is 6.10. The number of ether oxygens (including phenoxy) is 1. The van der Waals surface area contributed by atoms with Crippen LogP contribution in [0.3, 0.4) is 0 Å². The molecule has 2 N–H and O–H groups in total. The van der Waals surface area contributed by atoms with Crippen molar-refractivity contribution in [3.8, 4) is 0 Å². The predicted octanol–water partition coefficient (Wildman–Crippen LogP) is 2.56. The first kappa shape index (κ1) is 18.0. The number of halogens is 2. The van der Waals surface area contributed by atoms with Crippen molar-refractivity contribution >= 4 is 11.9 Å². The van der Waals surface area contributed by atoms with Crippen molar-refractivity contribution in [1.29, 1.82) is 0 Å². The summed E-state index contributed by atoms with van der Waals surface area (Å²) in [6, 6.07) is 12.5. The average Bonchev–Trinajstić information content (AvgIpc) is 2.65. The summed E-state index contributed by atoms with van der Waals surface area (Å²) in [5.74, 6) is -1.15. The van der Waals surface area contributed by atoms with E-state index in [1.54, 1.807) is 36.4 Å². The second kappa shape index (κ2) is 7.21. The number of carbonyl (C=O) groups is 1. The van der Waals surface area contributed by atoms with Gasteiger partial charge in [0.25, 0.3) is 11.9 Å². The molecule has 1 aliphatic rings. The summed E-state index contributed by atoms with van der Waals surface area (Å²) >= 11 is 0. The first-order chi connectivity index (χ1) is 12.5. The standard InChI is InChI=1S/C19H18F2N2O3/c1-19(13-9-5-6-10-14(13)20)16(21)15(11-24)22-18(26-19)23-17(25)12-7-3-2-4-8-12/h2-10,15-16,24H,11H2,1H3,(H,22,23,25)/t15-,16+,19+/m0/s1. The van der Waals surface area contributed by atoms with Gasteiger partial charge in [0.1, 0.15) is 11.9 Å². The minimum atomic E-state index is -1.80. The molecule has 0 bridgehead atoms. The van der Waals surface area contributed by atoms with Gasteiger partial charge in [-0.3, -0.25) is 10.1 Å². The highest BCUT2D eigenvalue weighted by atomic mass is 19.1. The Balaban J connectivity index is 1.92. The highest BCUT2D eigenvalue weighted by Crippen LogP contribution is 2.38. The van der Waals surface area contributed by atoms with E-state index in [-0.39, 0.29) is 11.6 Å². The third-order valence-corrected chi connectivity index (χ3v) is 4.31. The number of benzene rings is 2. The first-order valence-electron chi connectivity index (χ1n) is 8.09. The van der Waals surface area contributed by atoms with Crippen LogP contribution in [0.15, 0.2) is 59.6 Å². The van der Waals surface area contributed by atoms with Crippen LogP contribution in [0.5, 0.6) is 0 Å². The first-order valence-corrected chi connectivity index (χ1v) is 8.09. The molecule has 0 saturated heterocycles. The molecule has 3 atom stereocenters. The third kappa shape index (κ3) is 3.30. The van der Waals surface area contributed by atoms with E-state index in [1.807, 2.05) is 0 Å². The highest BCUT2D eigenvalue weighted by Gasteiger charge is 2.49. The number of amides is 1. The number of aliphatic hydroxyl groups is 1. The van der Waals surface area contributed by atoms with Gasteiger partial charge in [0, 0.05) is 11.1 Å². The van der Waals surface area contributed by atoms with Gasteiger partial charge in [-0.1, -0.05) is 36.4 Å². The molecule has 0 aliphatic carbocycles. The predicted molar refractivity (Wildman–Crippen MR) is 92.0 cm³/mol. The minimum absolute atomic E-state index is 0.0210. The van der Waals surface area contributed by atoms with Crippen LogP contribution >= 0.6 is 0 Å². The van der Waals surface area contributed by atoms with E-state index in [1.165, 1.54) is 25.1 Å². The van der Waals surface area contributed by atoms with Gasteiger partial charge in [0.05, 0.1) is 6.61 Å². The molecule has 0 saturated carbocycles. The van der Waals surface area contributed by atoms with Crippen molar-refractivity contribution in [3.63, 3.8) is 0 Å². The molecule has 0 spiro atoms. The molecule has 26 heavy (non-hydrogen) atoms. The largest absolute Gasteiger partial charge is 0.450 e. The molecule has 2 aromatic rings. The van der Waals surface area contributed by atoms with Gasteiger partial charge >= 0.3 is 0 Å². The maximum atomic E-state index is 14.9. The maximum Gasteiger partial charge on any atom is 0.293 e. The summed E-state index contributed by atoms with van der Waals surface area (Å²) in [6.45, 7) is 0.751. The lowest BCUT2D eigenvalue weighted by Crippen LogP contribution is -2.53. The third-order valence-electron chi connectivity index (χ3n) is 4.31. The molecule has 2 aromatic carbocycles. The summed E-state index contributed by atoms with van der Waals surface area (Å²) < 4.78 is 34.7.